The molecule has 17 heavy (non-hydrogen) atoms. The Bertz CT molecular complexity index is 473. The normalized spacial score (nSPS) is 12.4. The van der Waals surface area contributed by atoms with Crippen molar-refractivity contribution in [1.82, 2.24) is 15.3 Å². The molecule has 4 heteroatoms. The number of hydrogen-bond acceptors (Lipinski definition) is 3. The first-order valence-corrected chi connectivity index (χ1v) is 6.27. The van der Waals surface area contributed by atoms with Gasteiger partial charge in [0.2, 0.25) is 0 Å². The summed E-state index contributed by atoms with van der Waals surface area (Å²) in [7, 11) is 1.95. The summed E-state index contributed by atoms with van der Waals surface area (Å²) < 4.78 is 1.03. The lowest BCUT2D eigenvalue weighted by molar-refractivity contribution is 0.572. The third kappa shape index (κ3) is 3.11. The number of pyridine rings is 2. The zero-order chi connectivity index (χ0) is 12.1. The van der Waals surface area contributed by atoms with Crippen LogP contribution in [-0.2, 0) is 6.42 Å². The standard InChI is InChI=1S/C13H14BrN3/c1-15-12(8-10-4-2-6-16-9-10)13-11(14)5-3-7-17-13/h2-7,9,12,15H,8H2,1H3. The molecular formula is C13H14BrN3. The van der Waals surface area contributed by atoms with E-state index < -0.39 is 0 Å². The summed E-state index contributed by atoms with van der Waals surface area (Å²) >= 11 is 3.53. The molecule has 2 aromatic heterocycles. The molecule has 0 bridgehead atoms. The molecule has 2 aromatic rings. The first kappa shape index (κ1) is 12.2. The molecule has 1 unspecified atom stereocenters. The highest BCUT2D eigenvalue weighted by Gasteiger charge is 2.14. The summed E-state index contributed by atoms with van der Waals surface area (Å²) in [6.07, 6.45) is 6.36. The van der Waals surface area contributed by atoms with Crippen LogP contribution in [0.15, 0.2) is 47.3 Å². The van der Waals surface area contributed by atoms with E-state index in [0.717, 1.165) is 16.6 Å². The van der Waals surface area contributed by atoms with Gasteiger partial charge in [-0.1, -0.05) is 6.07 Å². The summed E-state index contributed by atoms with van der Waals surface area (Å²) in [4.78, 5) is 8.54. The molecule has 0 amide bonds. The van der Waals surface area contributed by atoms with Gasteiger partial charge in [0, 0.05) is 23.1 Å². The predicted molar refractivity (Wildman–Crippen MR) is 71.7 cm³/mol. The SMILES string of the molecule is CNC(Cc1cccnc1)c1ncccc1Br. The van der Waals surface area contributed by atoms with Gasteiger partial charge in [-0.15, -0.1) is 0 Å². The highest BCUT2D eigenvalue weighted by molar-refractivity contribution is 9.10. The second-order valence-corrected chi connectivity index (χ2v) is 4.63. The lowest BCUT2D eigenvalue weighted by Gasteiger charge is -2.16. The minimum atomic E-state index is 0.190. The number of aromatic nitrogens is 2. The van der Waals surface area contributed by atoms with E-state index in [1.54, 1.807) is 6.20 Å². The van der Waals surface area contributed by atoms with Crippen LogP contribution in [0.5, 0.6) is 0 Å². The Morgan fingerprint density at radius 2 is 2.12 bits per heavy atom. The van der Waals surface area contributed by atoms with Gasteiger partial charge < -0.3 is 5.32 Å². The van der Waals surface area contributed by atoms with Crippen LogP contribution in [0.4, 0.5) is 0 Å². The topological polar surface area (TPSA) is 37.8 Å². The van der Waals surface area contributed by atoms with Gasteiger partial charge >= 0.3 is 0 Å². The zero-order valence-electron chi connectivity index (χ0n) is 9.60. The van der Waals surface area contributed by atoms with Crippen molar-refractivity contribution in [1.29, 1.82) is 0 Å². The Morgan fingerprint density at radius 1 is 1.29 bits per heavy atom. The number of hydrogen-bond donors (Lipinski definition) is 1. The van der Waals surface area contributed by atoms with E-state index in [4.69, 9.17) is 0 Å². The van der Waals surface area contributed by atoms with E-state index in [0.29, 0.717) is 0 Å². The number of nitrogens with zero attached hydrogens (tertiary/aromatic N) is 2. The maximum absolute atomic E-state index is 4.42. The van der Waals surface area contributed by atoms with E-state index in [2.05, 4.69) is 37.3 Å². The number of halogens is 1. The molecule has 1 N–H and O–H groups in total. The van der Waals surface area contributed by atoms with Gasteiger partial charge in [-0.2, -0.15) is 0 Å². The Hall–Kier alpha value is -1.26. The molecule has 0 fully saturated rings. The summed E-state index contributed by atoms with van der Waals surface area (Å²) in [6, 6.07) is 8.15. The molecule has 0 aliphatic rings. The highest BCUT2D eigenvalue weighted by atomic mass is 79.9. The van der Waals surface area contributed by atoms with Crippen LogP contribution in [0.1, 0.15) is 17.3 Å². The van der Waals surface area contributed by atoms with Crippen LogP contribution < -0.4 is 5.32 Å². The third-order valence-corrected chi connectivity index (χ3v) is 3.30. The largest absolute Gasteiger partial charge is 0.311 e. The number of rotatable bonds is 4. The van der Waals surface area contributed by atoms with E-state index in [1.807, 2.05) is 37.6 Å². The van der Waals surface area contributed by atoms with E-state index in [9.17, 15) is 0 Å². The van der Waals surface area contributed by atoms with Crippen molar-refractivity contribution in [2.75, 3.05) is 7.05 Å². The molecular weight excluding hydrogens is 278 g/mol. The van der Waals surface area contributed by atoms with Gasteiger partial charge in [0.05, 0.1) is 11.7 Å². The minimum Gasteiger partial charge on any atom is -0.311 e. The molecule has 2 rings (SSSR count). The summed E-state index contributed by atoms with van der Waals surface area (Å²) in [5.41, 5.74) is 2.23. The highest BCUT2D eigenvalue weighted by Crippen LogP contribution is 2.23. The minimum absolute atomic E-state index is 0.190. The molecule has 0 aliphatic carbocycles. The maximum atomic E-state index is 4.42. The van der Waals surface area contributed by atoms with Gasteiger partial charge in [-0.3, -0.25) is 9.97 Å². The predicted octanol–water partition coefficient (Wildman–Crippen LogP) is 2.74. The fourth-order valence-corrected chi connectivity index (χ4v) is 2.28. The molecule has 0 saturated heterocycles. The molecule has 0 radical (unpaired) electrons. The van der Waals surface area contributed by atoms with Crippen molar-refractivity contribution >= 4 is 15.9 Å². The van der Waals surface area contributed by atoms with Crippen LogP contribution in [0, 0.1) is 0 Å². The van der Waals surface area contributed by atoms with Crippen LogP contribution in [0.3, 0.4) is 0 Å². The maximum Gasteiger partial charge on any atom is 0.0718 e. The van der Waals surface area contributed by atoms with Crippen LogP contribution in [-0.4, -0.2) is 17.0 Å². The smallest absolute Gasteiger partial charge is 0.0718 e. The molecule has 2 heterocycles. The van der Waals surface area contributed by atoms with Crippen LogP contribution in [0.25, 0.3) is 0 Å². The van der Waals surface area contributed by atoms with E-state index in [-0.39, 0.29) is 6.04 Å². The average Bonchev–Trinajstić information content (AvgIpc) is 2.38. The van der Waals surface area contributed by atoms with E-state index in [1.165, 1.54) is 5.56 Å². The number of likely N-dealkylation sites (N-methyl/N-ethyl adjacent to an activating group) is 1. The molecule has 0 aromatic carbocycles. The van der Waals surface area contributed by atoms with Crippen molar-refractivity contribution in [2.24, 2.45) is 0 Å². The van der Waals surface area contributed by atoms with Gasteiger partial charge in [0.15, 0.2) is 0 Å². The summed E-state index contributed by atoms with van der Waals surface area (Å²) in [6.45, 7) is 0. The van der Waals surface area contributed by atoms with Crippen molar-refractivity contribution in [3.8, 4) is 0 Å². The number of nitrogens with one attached hydrogen (secondary N) is 1. The van der Waals surface area contributed by atoms with E-state index >= 15 is 0 Å². The molecule has 0 spiro atoms. The first-order chi connectivity index (χ1) is 8.31. The Kier molecular flexibility index (Phi) is 4.23. The van der Waals surface area contributed by atoms with Gasteiger partial charge in [0.25, 0.3) is 0 Å². The fourth-order valence-electron chi connectivity index (χ4n) is 1.74. The lowest BCUT2D eigenvalue weighted by atomic mass is 10.0. The second kappa shape index (κ2) is 5.89. The molecule has 1 atom stereocenters. The first-order valence-electron chi connectivity index (χ1n) is 5.48. The van der Waals surface area contributed by atoms with Crippen LogP contribution in [0.2, 0.25) is 0 Å². The molecule has 88 valence electrons. The lowest BCUT2D eigenvalue weighted by Crippen LogP contribution is -2.20. The van der Waals surface area contributed by atoms with Crippen molar-refractivity contribution in [2.45, 2.75) is 12.5 Å². The average molecular weight is 292 g/mol. The van der Waals surface area contributed by atoms with Gasteiger partial charge in [0.1, 0.15) is 0 Å². The monoisotopic (exact) mass is 291 g/mol. The molecule has 3 nitrogen and oxygen atoms in total. The summed E-state index contributed by atoms with van der Waals surface area (Å²) in [5.74, 6) is 0. The fraction of sp³-hybridized carbons (Fsp3) is 0.231. The Balaban J connectivity index is 2.21. The second-order valence-electron chi connectivity index (χ2n) is 3.78. The van der Waals surface area contributed by atoms with Crippen molar-refractivity contribution in [3.05, 3.63) is 58.6 Å². The quantitative estimate of drug-likeness (QED) is 0.941. The molecule has 0 aliphatic heterocycles. The zero-order valence-corrected chi connectivity index (χ0v) is 11.2. The molecule has 0 saturated carbocycles. The van der Waals surface area contributed by atoms with Crippen molar-refractivity contribution in [3.63, 3.8) is 0 Å². The summed E-state index contributed by atoms with van der Waals surface area (Å²) in [5, 5.41) is 3.29. The Labute approximate surface area is 109 Å². The third-order valence-electron chi connectivity index (χ3n) is 2.63. The van der Waals surface area contributed by atoms with Crippen molar-refractivity contribution < 1.29 is 0 Å². The van der Waals surface area contributed by atoms with Gasteiger partial charge in [-0.25, -0.2) is 0 Å². The van der Waals surface area contributed by atoms with Crippen LogP contribution >= 0.6 is 15.9 Å². The Morgan fingerprint density at radius 3 is 2.76 bits per heavy atom. The van der Waals surface area contributed by atoms with Gasteiger partial charge in [-0.05, 0) is 53.2 Å².